The third-order valence-electron chi connectivity index (χ3n) is 3.17. The molecular formula is C10H16N2O. The van der Waals surface area contributed by atoms with Gasteiger partial charge in [-0.05, 0) is 26.7 Å². The molecule has 3 nitrogen and oxygen atoms in total. The number of rotatable bonds is 1. The first kappa shape index (κ1) is 8.75. The summed E-state index contributed by atoms with van der Waals surface area (Å²) in [6.45, 7) is 4.09. The molecule has 0 bridgehead atoms. The van der Waals surface area contributed by atoms with Crippen LogP contribution < -0.4 is 0 Å². The normalized spacial score (nSPS) is 27.4. The van der Waals surface area contributed by atoms with E-state index in [1.807, 2.05) is 18.7 Å². The Labute approximate surface area is 78.4 Å². The molecule has 0 aliphatic heterocycles. The lowest BCUT2D eigenvalue weighted by Gasteiger charge is -2.32. The van der Waals surface area contributed by atoms with Crippen LogP contribution >= 0.6 is 0 Å². The summed E-state index contributed by atoms with van der Waals surface area (Å²) in [5, 5.41) is 13.9. The Kier molecular flexibility index (Phi) is 1.91. The van der Waals surface area contributed by atoms with Gasteiger partial charge in [0, 0.05) is 24.2 Å². The second kappa shape index (κ2) is 2.84. The molecule has 0 radical (unpaired) electrons. The first-order valence-corrected chi connectivity index (χ1v) is 4.79. The van der Waals surface area contributed by atoms with Gasteiger partial charge >= 0.3 is 0 Å². The van der Waals surface area contributed by atoms with Crippen LogP contribution in [-0.2, 0) is 7.05 Å². The minimum absolute atomic E-state index is 0.137. The molecule has 1 aromatic heterocycles. The molecule has 1 aliphatic carbocycles. The number of aryl methyl sites for hydroxylation is 2. The van der Waals surface area contributed by atoms with Crippen molar-refractivity contribution in [2.45, 2.75) is 38.7 Å². The van der Waals surface area contributed by atoms with Crippen LogP contribution in [-0.4, -0.2) is 21.0 Å². The predicted molar refractivity (Wildman–Crippen MR) is 50.7 cm³/mol. The van der Waals surface area contributed by atoms with E-state index in [0.717, 1.165) is 18.5 Å². The van der Waals surface area contributed by atoms with Gasteiger partial charge in [-0.1, -0.05) is 0 Å². The van der Waals surface area contributed by atoms with Crippen molar-refractivity contribution in [2.75, 3.05) is 0 Å². The van der Waals surface area contributed by atoms with Crippen LogP contribution in [0, 0.1) is 13.8 Å². The Bertz CT molecular complexity index is 330. The SMILES string of the molecule is Cc1nn(C)c(C)c1C1CCC1O. The average Bonchev–Trinajstić information content (AvgIpc) is 2.30. The van der Waals surface area contributed by atoms with Crippen LogP contribution in [0.5, 0.6) is 0 Å². The highest BCUT2D eigenvalue weighted by molar-refractivity contribution is 5.31. The lowest BCUT2D eigenvalue weighted by atomic mass is 9.76. The summed E-state index contributed by atoms with van der Waals surface area (Å²) >= 11 is 0. The summed E-state index contributed by atoms with van der Waals surface area (Å²) in [7, 11) is 1.96. The molecule has 1 aliphatic rings. The van der Waals surface area contributed by atoms with Gasteiger partial charge in [0.05, 0.1) is 11.8 Å². The Morgan fingerprint density at radius 1 is 1.38 bits per heavy atom. The van der Waals surface area contributed by atoms with E-state index >= 15 is 0 Å². The van der Waals surface area contributed by atoms with E-state index in [4.69, 9.17) is 0 Å². The van der Waals surface area contributed by atoms with Crippen molar-refractivity contribution in [1.82, 2.24) is 9.78 Å². The van der Waals surface area contributed by atoms with Crippen molar-refractivity contribution < 1.29 is 5.11 Å². The number of aromatic nitrogens is 2. The van der Waals surface area contributed by atoms with E-state index in [1.54, 1.807) is 0 Å². The monoisotopic (exact) mass is 180 g/mol. The largest absolute Gasteiger partial charge is 0.392 e. The lowest BCUT2D eigenvalue weighted by molar-refractivity contribution is 0.0655. The summed E-state index contributed by atoms with van der Waals surface area (Å²) in [4.78, 5) is 0. The molecule has 2 rings (SSSR count). The molecule has 1 N–H and O–H groups in total. The maximum atomic E-state index is 9.58. The van der Waals surface area contributed by atoms with Crippen molar-refractivity contribution in [3.05, 3.63) is 17.0 Å². The van der Waals surface area contributed by atoms with Gasteiger partial charge in [0.15, 0.2) is 0 Å². The molecule has 2 atom stereocenters. The zero-order chi connectivity index (χ0) is 9.59. The highest BCUT2D eigenvalue weighted by atomic mass is 16.3. The van der Waals surface area contributed by atoms with Gasteiger partial charge < -0.3 is 5.11 Å². The van der Waals surface area contributed by atoms with Gasteiger partial charge in [-0.25, -0.2) is 0 Å². The van der Waals surface area contributed by atoms with Crippen molar-refractivity contribution in [1.29, 1.82) is 0 Å². The molecule has 0 aromatic carbocycles. The third-order valence-corrected chi connectivity index (χ3v) is 3.17. The van der Waals surface area contributed by atoms with E-state index in [1.165, 1.54) is 11.3 Å². The second-order valence-electron chi connectivity index (χ2n) is 3.96. The van der Waals surface area contributed by atoms with E-state index in [2.05, 4.69) is 12.0 Å². The quantitative estimate of drug-likeness (QED) is 0.707. The van der Waals surface area contributed by atoms with Gasteiger partial charge in [0.2, 0.25) is 0 Å². The lowest BCUT2D eigenvalue weighted by Crippen LogP contribution is -2.29. The van der Waals surface area contributed by atoms with Gasteiger partial charge in [0.1, 0.15) is 0 Å². The molecular weight excluding hydrogens is 164 g/mol. The molecule has 3 heteroatoms. The van der Waals surface area contributed by atoms with Crippen molar-refractivity contribution in [2.24, 2.45) is 7.05 Å². The van der Waals surface area contributed by atoms with Crippen LogP contribution in [0.1, 0.15) is 35.7 Å². The molecule has 1 heterocycles. The fourth-order valence-corrected chi connectivity index (χ4v) is 2.15. The summed E-state index contributed by atoms with van der Waals surface area (Å²) < 4.78 is 1.90. The van der Waals surface area contributed by atoms with Gasteiger partial charge in [0.25, 0.3) is 0 Å². The summed E-state index contributed by atoms with van der Waals surface area (Å²) in [5.41, 5.74) is 3.53. The van der Waals surface area contributed by atoms with Crippen LogP contribution in [0.25, 0.3) is 0 Å². The predicted octanol–water partition coefficient (Wildman–Crippen LogP) is 1.28. The summed E-state index contributed by atoms with van der Waals surface area (Å²) in [6.07, 6.45) is 1.91. The number of nitrogens with zero attached hydrogens (tertiary/aromatic N) is 2. The molecule has 13 heavy (non-hydrogen) atoms. The van der Waals surface area contributed by atoms with Crippen LogP contribution in [0.15, 0.2) is 0 Å². The molecule has 0 amide bonds. The van der Waals surface area contributed by atoms with Crippen LogP contribution in [0.2, 0.25) is 0 Å². The Morgan fingerprint density at radius 2 is 2.08 bits per heavy atom. The molecule has 1 aromatic rings. The van der Waals surface area contributed by atoms with Gasteiger partial charge in [-0.3, -0.25) is 4.68 Å². The van der Waals surface area contributed by atoms with Crippen molar-refractivity contribution >= 4 is 0 Å². The van der Waals surface area contributed by atoms with E-state index in [-0.39, 0.29) is 6.10 Å². The fraction of sp³-hybridized carbons (Fsp3) is 0.700. The highest BCUT2D eigenvalue weighted by Crippen LogP contribution is 2.39. The second-order valence-corrected chi connectivity index (χ2v) is 3.96. The van der Waals surface area contributed by atoms with Crippen LogP contribution in [0.3, 0.4) is 0 Å². The van der Waals surface area contributed by atoms with E-state index in [9.17, 15) is 5.11 Å². The Balaban J connectivity index is 2.38. The zero-order valence-electron chi connectivity index (χ0n) is 8.41. The molecule has 1 saturated carbocycles. The zero-order valence-corrected chi connectivity index (χ0v) is 8.41. The third kappa shape index (κ3) is 1.18. The number of hydrogen-bond acceptors (Lipinski definition) is 2. The van der Waals surface area contributed by atoms with E-state index in [0.29, 0.717) is 5.92 Å². The van der Waals surface area contributed by atoms with Gasteiger partial charge in [-0.2, -0.15) is 5.10 Å². The van der Waals surface area contributed by atoms with Crippen molar-refractivity contribution in [3.63, 3.8) is 0 Å². The fourth-order valence-electron chi connectivity index (χ4n) is 2.15. The summed E-state index contributed by atoms with van der Waals surface area (Å²) in [6, 6.07) is 0. The van der Waals surface area contributed by atoms with E-state index < -0.39 is 0 Å². The Hall–Kier alpha value is -0.830. The molecule has 2 unspecified atom stereocenters. The Morgan fingerprint density at radius 3 is 2.38 bits per heavy atom. The average molecular weight is 180 g/mol. The topological polar surface area (TPSA) is 38.0 Å². The molecule has 0 spiro atoms. The molecule has 0 saturated heterocycles. The first-order valence-electron chi connectivity index (χ1n) is 4.79. The summed E-state index contributed by atoms with van der Waals surface area (Å²) in [5.74, 6) is 0.341. The molecule has 72 valence electrons. The number of aliphatic hydroxyl groups is 1. The maximum absolute atomic E-state index is 9.58. The van der Waals surface area contributed by atoms with Crippen molar-refractivity contribution in [3.8, 4) is 0 Å². The minimum Gasteiger partial charge on any atom is -0.392 e. The number of hydrogen-bond donors (Lipinski definition) is 1. The minimum atomic E-state index is -0.137. The molecule has 1 fully saturated rings. The first-order chi connectivity index (χ1) is 6.11. The van der Waals surface area contributed by atoms with Gasteiger partial charge in [-0.15, -0.1) is 0 Å². The van der Waals surface area contributed by atoms with Crippen LogP contribution in [0.4, 0.5) is 0 Å². The standard InChI is InChI=1S/C10H16N2O/c1-6-10(7(2)12(3)11-6)8-4-5-9(8)13/h8-9,13H,4-5H2,1-3H3. The smallest absolute Gasteiger partial charge is 0.0632 e. The highest BCUT2D eigenvalue weighted by Gasteiger charge is 2.33. The number of aliphatic hydroxyl groups excluding tert-OH is 1. The maximum Gasteiger partial charge on any atom is 0.0632 e.